The molecule has 2 heterocycles. The molecule has 0 radical (unpaired) electrons. The maximum Gasteiger partial charge on any atom is 0.329 e. The lowest BCUT2D eigenvalue weighted by molar-refractivity contribution is -0.165. The third-order valence-electron chi connectivity index (χ3n) is 3.24. The molecule has 1 aliphatic rings. The highest BCUT2D eigenvalue weighted by molar-refractivity contribution is 5.68. The Bertz CT molecular complexity index is 450. The normalized spacial score (nSPS) is 18.5. The Kier molecular flexibility index (Phi) is 3.91. The SMILES string of the molecule is CC(C)n1ccc(CN2CC(C)(OCC(=O)O)C2)n1. The van der Waals surface area contributed by atoms with E-state index in [-0.39, 0.29) is 12.2 Å². The average Bonchev–Trinajstić information content (AvgIpc) is 2.73. The maximum absolute atomic E-state index is 10.5. The number of aromatic nitrogens is 2. The van der Waals surface area contributed by atoms with Crippen molar-refractivity contribution in [3.8, 4) is 0 Å². The van der Waals surface area contributed by atoms with Crippen LogP contribution in [0.3, 0.4) is 0 Å². The minimum atomic E-state index is -0.921. The second kappa shape index (κ2) is 5.30. The Hall–Kier alpha value is -1.40. The first-order chi connectivity index (χ1) is 8.88. The van der Waals surface area contributed by atoms with Crippen LogP contribution in [0.5, 0.6) is 0 Å². The lowest BCUT2D eigenvalue weighted by Crippen LogP contribution is -2.61. The van der Waals surface area contributed by atoms with Gasteiger partial charge in [-0.05, 0) is 26.8 Å². The van der Waals surface area contributed by atoms with Gasteiger partial charge in [-0.15, -0.1) is 0 Å². The quantitative estimate of drug-likeness (QED) is 0.837. The predicted molar refractivity (Wildman–Crippen MR) is 69.9 cm³/mol. The third kappa shape index (κ3) is 3.54. The van der Waals surface area contributed by atoms with Gasteiger partial charge < -0.3 is 9.84 Å². The van der Waals surface area contributed by atoms with Crippen LogP contribution in [-0.4, -0.2) is 51.1 Å². The van der Waals surface area contributed by atoms with Gasteiger partial charge in [0, 0.05) is 31.9 Å². The molecule has 106 valence electrons. The second-order valence-corrected chi connectivity index (χ2v) is 5.66. The minimum Gasteiger partial charge on any atom is -0.480 e. The van der Waals surface area contributed by atoms with Crippen molar-refractivity contribution in [2.45, 2.75) is 39.0 Å². The number of carboxylic acid groups (broad SMARTS) is 1. The van der Waals surface area contributed by atoms with Gasteiger partial charge >= 0.3 is 5.97 Å². The summed E-state index contributed by atoms with van der Waals surface area (Å²) in [5.74, 6) is -0.921. The number of aliphatic carboxylic acids is 1. The first-order valence-electron chi connectivity index (χ1n) is 6.50. The van der Waals surface area contributed by atoms with E-state index in [0.29, 0.717) is 6.04 Å². The second-order valence-electron chi connectivity index (χ2n) is 5.66. The van der Waals surface area contributed by atoms with Gasteiger partial charge in [-0.25, -0.2) is 4.79 Å². The molecule has 1 aromatic rings. The highest BCUT2D eigenvalue weighted by atomic mass is 16.5. The van der Waals surface area contributed by atoms with E-state index in [1.165, 1.54) is 0 Å². The Morgan fingerprint density at radius 3 is 2.79 bits per heavy atom. The summed E-state index contributed by atoms with van der Waals surface area (Å²) in [6.45, 7) is 8.18. The highest BCUT2D eigenvalue weighted by Gasteiger charge is 2.40. The maximum atomic E-state index is 10.5. The van der Waals surface area contributed by atoms with Crippen LogP contribution in [-0.2, 0) is 16.1 Å². The summed E-state index contributed by atoms with van der Waals surface area (Å²) in [7, 11) is 0. The lowest BCUT2D eigenvalue weighted by atomic mass is 9.96. The molecule has 1 aromatic heterocycles. The van der Waals surface area contributed by atoms with Crippen LogP contribution in [0.1, 0.15) is 32.5 Å². The molecular weight excluding hydrogens is 246 g/mol. The number of ether oxygens (including phenoxy) is 1. The van der Waals surface area contributed by atoms with Crippen molar-refractivity contribution in [1.82, 2.24) is 14.7 Å². The molecule has 1 saturated heterocycles. The van der Waals surface area contributed by atoms with Gasteiger partial charge in [-0.3, -0.25) is 9.58 Å². The van der Waals surface area contributed by atoms with Crippen molar-refractivity contribution < 1.29 is 14.6 Å². The van der Waals surface area contributed by atoms with E-state index in [9.17, 15) is 4.79 Å². The zero-order valence-corrected chi connectivity index (χ0v) is 11.7. The molecule has 6 heteroatoms. The summed E-state index contributed by atoms with van der Waals surface area (Å²) in [5.41, 5.74) is 0.702. The average molecular weight is 267 g/mol. The Morgan fingerprint density at radius 2 is 2.26 bits per heavy atom. The van der Waals surface area contributed by atoms with Gasteiger partial charge in [0.25, 0.3) is 0 Å². The summed E-state index contributed by atoms with van der Waals surface area (Å²) < 4.78 is 7.31. The van der Waals surface area contributed by atoms with Gasteiger partial charge in [0.15, 0.2) is 0 Å². The van der Waals surface area contributed by atoms with Gasteiger partial charge in [-0.2, -0.15) is 5.10 Å². The predicted octanol–water partition coefficient (Wildman–Crippen LogP) is 1.14. The Morgan fingerprint density at radius 1 is 1.58 bits per heavy atom. The first-order valence-corrected chi connectivity index (χ1v) is 6.50. The minimum absolute atomic E-state index is 0.230. The molecule has 0 aromatic carbocycles. The summed E-state index contributed by atoms with van der Waals surface area (Å²) >= 11 is 0. The van der Waals surface area contributed by atoms with Gasteiger partial charge in [0.1, 0.15) is 6.61 Å². The highest BCUT2D eigenvalue weighted by Crippen LogP contribution is 2.26. The fourth-order valence-corrected chi connectivity index (χ4v) is 2.32. The molecule has 1 N–H and O–H groups in total. The molecular formula is C13H21N3O3. The first kappa shape index (κ1) is 14.0. The van der Waals surface area contributed by atoms with E-state index in [1.54, 1.807) is 0 Å². The summed E-state index contributed by atoms with van der Waals surface area (Å²) in [6.07, 6.45) is 1.99. The number of rotatable bonds is 6. The number of nitrogens with zero attached hydrogens (tertiary/aromatic N) is 3. The van der Waals surface area contributed by atoms with Crippen LogP contribution in [0.2, 0.25) is 0 Å². The molecule has 0 amide bonds. The zero-order chi connectivity index (χ0) is 14.0. The molecule has 0 bridgehead atoms. The molecule has 0 unspecified atom stereocenters. The summed E-state index contributed by atoms with van der Waals surface area (Å²) in [6, 6.07) is 2.39. The van der Waals surface area contributed by atoms with Gasteiger partial charge in [0.05, 0.1) is 11.3 Å². The van der Waals surface area contributed by atoms with E-state index in [1.807, 2.05) is 23.9 Å². The van der Waals surface area contributed by atoms with Gasteiger partial charge in [-0.1, -0.05) is 0 Å². The van der Waals surface area contributed by atoms with E-state index in [4.69, 9.17) is 9.84 Å². The van der Waals surface area contributed by atoms with Crippen LogP contribution in [0.15, 0.2) is 12.3 Å². The van der Waals surface area contributed by atoms with E-state index < -0.39 is 5.97 Å². The standard InChI is InChI=1S/C13H21N3O3/c1-10(2)16-5-4-11(14-16)6-15-8-13(3,9-15)19-7-12(17)18/h4-5,10H,6-9H2,1-3H3,(H,17,18). The number of likely N-dealkylation sites (tertiary alicyclic amines) is 1. The number of carboxylic acids is 1. The van der Waals surface area contributed by atoms with Crippen molar-refractivity contribution in [3.63, 3.8) is 0 Å². The zero-order valence-electron chi connectivity index (χ0n) is 11.7. The molecule has 1 aliphatic heterocycles. The number of hydrogen-bond donors (Lipinski definition) is 1. The third-order valence-corrected chi connectivity index (χ3v) is 3.24. The van der Waals surface area contributed by atoms with Crippen LogP contribution >= 0.6 is 0 Å². The lowest BCUT2D eigenvalue weighted by Gasteiger charge is -2.47. The number of hydrogen-bond acceptors (Lipinski definition) is 4. The monoisotopic (exact) mass is 267 g/mol. The van der Waals surface area contributed by atoms with Crippen molar-refractivity contribution >= 4 is 5.97 Å². The Balaban J connectivity index is 1.79. The molecule has 0 aliphatic carbocycles. The van der Waals surface area contributed by atoms with Crippen LogP contribution in [0, 0.1) is 0 Å². The van der Waals surface area contributed by atoms with Crippen molar-refractivity contribution in [1.29, 1.82) is 0 Å². The molecule has 0 spiro atoms. The van der Waals surface area contributed by atoms with E-state index >= 15 is 0 Å². The number of carbonyl (C=O) groups is 1. The van der Waals surface area contributed by atoms with Crippen molar-refractivity contribution in [2.24, 2.45) is 0 Å². The molecule has 0 saturated carbocycles. The largest absolute Gasteiger partial charge is 0.480 e. The van der Waals surface area contributed by atoms with E-state index in [2.05, 4.69) is 23.8 Å². The molecule has 19 heavy (non-hydrogen) atoms. The van der Waals surface area contributed by atoms with Crippen molar-refractivity contribution in [3.05, 3.63) is 18.0 Å². The van der Waals surface area contributed by atoms with E-state index in [0.717, 1.165) is 25.3 Å². The van der Waals surface area contributed by atoms with Gasteiger partial charge in [0.2, 0.25) is 0 Å². The summed E-state index contributed by atoms with van der Waals surface area (Å²) in [5, 5.41) is 13.1. The topological polar surface area (TPSA) is 67.6 Å². The smallest absolute Gasteiger partial charge is 0.329 e. The molecule has 0 atom stereocenters. The summed E-state index contributed by atoms with van der Waals surface area (Å²) in [4.78, 5) is 12.7. The Labute approximate surface area is 113 Å². The molecule has 1 fully saturated rings. The van der Waals surface area contributed by atoms with Crippen LogP contribution in [0.25, 0.3) is 0 Å². The fourth-order valence-electron chi connectivity index (χ4n) is 2.32. The van der Waals surface area contributed by atoms with Crippen LogP contribution in [0.4, 0.5) is 0 Å². The molecule has 6 nitrogen and oxygen atoms in total. The fraction of sp³-hybridized carbons (Fsp3) is 0.692. The van der Waals surface area contributed by atoms with Crippen LogP contribution < -0.4 is 0 Å². The van der Waals surface area contributed by atoms with Crippen molar-refractivity contribution in [2.75, 3.05) is 19.7 Å². The molecule has 2 rings (SSSR count).